The van der Waals surface area contributed by atoms with Gasteiger partial charge in [-0.25, -0.2) is 9.97 Å². The van der Waals surface area contributed by atoms with Crippen LogP contribution in [0, 0.1) is 5.92 Å². The van der Waals surface area contributed by atoms with E-state index < -0.39 is 0 Å². The minimum absolute atomic E-state index is 0. The molecule has 0 radical (unpaired) electrons. The maximum atomic E-state index is 5.83. The zero-order chi connectivity index (χ0) is 21.8. The third-order valence-corrected chi connectivity index (χ3v) is 6.34. The average Bonchev–Trinajstić information content (AvgIpc) is 3.29. The minimum Gasteiger partial charge on any atom is -0.372 e. The lowest BCUT2D eigenvalue weighted by Gasteiger charge is -2.39. The summed E-state index contributed by atoms with van der Waals surface area (Å²) in [5, 5.41) is 3.53. The second-order valence-electron chi connectivity index (χ2n) is 8.88. The topological polar surface area (TPSA) is 70.8 Å². The molecule has 32 heavy (non-hydrogen) atoms. The van der Waals surface area contributed by atoms with Crippen LogP contribution in [0.15, 0.2) is 42.0 Å². The van der Waals surface area contributed by atoms with Crippen LogP contribution in [0.3, 0.4) is 0 Å². The van der Waals surface area contributed by atoms with E-state index in [4.69, 9.17) is 9.72 Å². The number of hydrogen-bond acceptors (Lipinski definition) is 5. The lowest BCUT2D eigenvalue weighted by atomic mass is 9.93. The molecule has 2 fully saturated rings. The normalized spacial score (nSPS) is 26.6. The molecule has 4 heterocycles. The predicted molar refractivity (Wildman–Crippen MR) is 139 cm³/mol. The number of nitrogens with zero attached hydrogens (tertiary/aromatic N) is 6. The van der Waals surface area contributed by atoms with E-state index in [2.05, 4.69) is 68.8 Å². The number of guanidine groups is 1. The van der Waals surface area contributed by atoms with E-state index in [-0.39, 0.29) is 36.2 Å². The molecule has 2 aliphatic rings. The molecule has 0 bridgehead atoms. The van der Waals surface area contributed by atoms with E-state index in [1.807, 2.05) is 25.8 Å². The molecule has 2 saturated heterocycles. The first-order valence-corrected chi connectivity index (χ1v) is 11.3. The Morgan fingerprint density at radius 2 is 1.97 bits per heavy atom. The third kappa shape index (κ3) is 5.92. The summed E-state index contributed by atoms with van der Waals surface area (Å²) in [6, 6.07) is 4.68. The number of rotatable bonds is 4. The second-order valence-corrected chi connectivity index (χ2v) is 8.88. The van der Waals surface area contributed by atoms with Crippen molar-refractivity contribution < 1.29 is 4.74 Å². The molecule has 0 spiro atoms. The first kappa shape index (κ1) is 24.8. The highest BCUT2D eigenvalue weighted by atomic mass is 127. The predicted octanol–water partition coefficient (Wildman–Crippen LogP) is 3.17. The molecular formula is C23H36IN7O. The van der Waals surface area contributed by atoms with E-state index in [0.29, 0.717) is 18.5 Å². The quantitative estimate of drug-likeness (QED) is 0.357. The minimum atomic E-state index is 0. The fraction of sp³-hybridized carbons (Fsp3) is 0.609. The van der Waals surface area contributed by atoms with Crippen LogP contribution in [-0.4, -0.2) is 70.8 Å². The number of hydrogen-bond donors (Lipinski definition) is 1. The van der Waals surface area contributed by atoms with Gasteiger partial charge >= 0.3 is 0 Å². The van der Waals surface area contributed by atoms with Crippen LogP contribution in [-0.2, 0) is 11.3 Å². The van der Waals surface area contributed by atoms with E-state index in [0.717, 1.165) is 49.9 Å². The number of morpholine rings is 1. The highest BCUT2D eigenvalue weighted by Crippen LogP contribution is 2.27. The summed E-state index contributed by atoms with van der Waals surface area (Å²) < 4.78 is 8.05. The van der Waals surface area contributed by atoms with Crippen molar-refractivity contribution in [1.82, 2.24) is 24.8 Å². The maximum Gasteiger partial charge on any atom is 0.193 e. The first-order valence-electron chi connectivity index (χ1n) is 11.3. The van der Waals surface area contributed by atoms with Crippen molar-refractivity contribution in [3.05, 3.63) is 42.6 Å². The van der Waals surface area contributed by atoms with E-state index in [1.165, 1.54) is 0 Å². The summed E-state index contributed by atoms with van der Waals surface area (Å²) >= 11 is 0. The van der Waals surface area contributed by atoms with E-state index in [1.54, 1.807) is 0 Å². The Kier molecular flexibility index (Phi) is 8.75. The van der Waals surface area contributed by atoms with Crippen LogP contribution in [0.4, 0.5) is 5.82 Å². The van der Waals surface area contributed by atoms with Gasteiger partial charge in [-0.1, -0.05) is 13.0 Å². The SMILES string of the molecule is CN=C(NCc1ccc(N2CC(C)OC(C)C2)nc1)N1CCC(C)C(n2ccnc2)C1.I. The van der Waals surface area contributed by atoms with Crippen molar-refractivity contribution in [1.29, 1.82) is 0 Å². The molecule has 4 unspecified atom stereocenters. The van der Waals surface area contributed by atoms with Gasteiger partial charge in [-0.3, -0.25) is 4.99 Å². The van der Waals surface area contributed by atoms with Crippen molar-refractivity contribution in [3.8, 4) is 0 Å². The van der Waals surface area contributed by atoms with Gasteiger partial charge < -0.3 is 24.4 Å². The number of likely N-dealkylation sites (tertiary alicyclic amines) is 1. The molecule has 176 valence electrons. The van der Waals surface area contributed by atoms with Crippen molar-refractivity contribution >= 4 is 35.8 Å². The van der Waals surface area contributed by atoms with E-state index >= 15 is 0 Å². The number of imidazole rings is 1. The van der Waals surface area contributed by atoms with Gasteiger partial charge in [0.1, 0.15) is 5.82 Å². The highest BCUT2D eigenvalue weighted by Gasteiger charge is 2.29. The zero-order valence-corrected chi connectivity index (χ0v) is 21.8. The van der Waals surface area contributed by atoms with Crippen LogP contribution in [0.25, 0.3) is 0 Å². The Morgan fingerprint density at radius 1 is 1.19 bits per heavy atom. The van der Waals surface area contributed by atoms with Gasteiger partial charge in [0, 0.05) is 58.4 Å². The smallest absolute Gasteiger partial charge is 0.193 e. The Hall–Kier alpha value is -1.88. The number of nitrogens with one attached hydrogen (secondary N) is 1. The fourth-order valence-corrected chi connectivity index (χ4v) is 4.68. The lowest BCUT2D eigenvalue weighted by Crippen LogP contribution is -2.48. The third-order valence-electron chi connectivity index (χ3n) is 6.34. The molecule has 9 heteroatoms. The van der Waals surface area contributed by atoms with Gasteiger partial charge in [-0.2, -0.15) is 0 Å². The molecular weight excluding hydrogens is 517 g/mol. The van der Waals surface area contributed by atoms with Gasteiger partial charge in [0.05, 0.1) is 24.6 Å². The van der Waals surface area contributed by atoms with Gasteiger partial charge in [-0.05, 0) is 37.8 Å². The highest BCUT2D eigenvalue weighted by molar-refractivity contribution is 14.0. The van der Waals surface area contributed by atoms with Crippen molar-refractivity contribution in [2.75, 3.05) is 38.1 Å². The van der Waals surface area contributed by atoms with Crippen LogP contribution >= 0.6 is 24.0 Å². The van der Waals surface area contributed by atoms with Crippen LogP contribution in [0.5, 0.6) is 0 Å². The summed E-state index contributed by atoms with van der Waals surface area (Å²) in [5.41, 5.74) is 1.15. The Balaban J connectivity index is 0.00000289. The molecule has 0 saturated carbocycles. The Morgan fingerprint density at radius 3 is 2.59 bits per heavy atom. The summed E-state index contributed by atoms with van der Waals surface area (Å²) in [4.78, 5) is 18.1. The maximum absolute atomic E-state index is 5.83. The molecule has 1 N–H and O–H groups in total. The average molecular weight is 553 g/mol. The van der Waals surface area contributed by atoms with E-state index in [9.17, 15) is 0 Å². The Bertz CT molecular complexity index is 848. The molecule has 8 nitrogen and oxygen atoms in total. The lowest BCUT2D eigenvalue weighted by molar-refractivity contribution is -0.00545. The molecule has 2 aromatic heterocycles. The summed E-state index contributed by atoms with van der Waals surface area (Å²) in [7, 11) is 1.86. The van der Waals surface area contributed by atoms with Gasteiger partial charge in [0.15, 0.2) is 5.96 Å². The number of ether oxygens (including phenoxy) is 1. The van der Waals surface area contributed by atoms with Crippen LogP contribution in [0.2, 0.25) is 0 Å². The molecule has 4 atom stereocenters. The molecule has 2 aliphatic heterocycles. The number of piperidine rings is 1. The zero-order valence-electron chi connectivity index (χ0n) is 19.5. The summed E-state index contributed by atoms with van der Waals surface area (Å²) in [6.45, 7) is 11.0. The summed E-state index contributed by atoms with van der Waals surface area (Å²) in [6.07, 6.45) is 9.40. The number of aliphatic imine (C=N–C) groups is 1. The van der Waals surface area contributed by atoms with Gasteiger partial charge in [0.2, 0.25) is 0 Å². The van der Waals surface area contributed by atoms with Crippen molar-refractivity contribution in [2.24, 2.45) is 10.9 Å². The van der Waals surface area contributed by atoms with Gasteiger partial charge in [0.25, 0.3) is 0 Å². The molecule has 0 aliphatic carbocycles. The first-order chi connectivity index (χ1) is 15.0. The molecule has 0 amide bonds. The fourth-order valence-electron chi connectivity index (χ4n) is 4.68. The summed E-state index contributed by atoms with van der Waals surface area (Å²) in [5.74, 6) is 2.58. The molecule has 4 rings (SSSR count). The van der Waals surface area contributed by atoms with Crippen molar-refractivity contribution in [3.63, 3.8) is 0 Å². The largest absolute Gasteiger partial charge is 0.372 e. The van der Waals surface area contributed by atoms with Crippen molar-refractivity contribution in [2.45, 2.75) is 52.0 Å². The number of anilines is 1. The molecule has 2 aromatic rings. The number of aromatic nitrogens is 3. The monoisotopic (exact) mass is 553 g/mol. The van der Waals surface area contributed by atoms with Crippen LogP contribution in [0.1, 0.15) is 38.8 Å². The second kappa shape index (κ2) is 11.3. The molecule has 0 aromatic carbocycles. The van der Waals surface area contributed by atoms with Gasteiger partial charge in [-0.15, -0.1) is 24.0 Å². The standard InChI is InChI=1S/C23H35N7O.HI/c1-17-7-9-28(15-21(17)29-10-8-25-16-29)23(24-4)27-12-20-5-6-22(26-11-20)30-13-18(2)31-19(3)14-30;/h5-6,8,10-11,16-19,21H,7,9,12-15H2,1-4H3,(H,24,27);1H. The Labute approximate surface area is 208 Å². The number of halogens is 1. The number of pyridine rings is 1. The van der Waals surface area contributed by atoms with Crippen LogP contribution < -0.4 is 10.2 Å².